The van der Waals surface area contributed by atoms with Gasteiger partial charge in [-0.15, -0.1) is 0 Å². The summed E-state index contributed by atoms with van der Waals surface area (Å²) in [6, 6.07) is 9.86. The largest absolute Gasteiger partial charge is 0.310 e. The lowest BCUT2D eigenvalue weighted by Crippen LogP contribution is -2.34. The number of aryl methyl sites for hydroxylation is 1. The third-order valence-corrected chi connectivity index (χ3v) is 4.70. The summed E-state index contributed by atoms with van der Waals surface area (Å²) in [5.74, 6) is 0. The van der Waals surface area contributed by atoms with Crippen molar-refractivity contribution in [2.75, 3.05) is 6.54 Å². The van der Waals surface area contributed by atoms with Crippen molar-refractivity contribution >= 4 is 0 Å². The SMILES string of the molecule is CCCc1ccc(C(NCC)C2(C)CCCC2)cc1. The molecule has 0 aliphatic heterocycles. The van der Waals surface area contributed by atoms with Crippen LogP contribution in [-0.2, 0) is 6.42 Å². The minimum absolute atomic E-state index is 0.447. The molecule has 1 aliphatic rings. The van der Waals surface area contributed by atoms with Crippen molar-refractivity contribution in [1.82, 2.24) is 5.32 Å². The van der Waals surface area contributed by atoms with E-state index in [0.717, 1.165) is 6.54 Å². The maximum atomic E-state index is 3.73. The third kappa shape index (κ3) is 3.39. The van der Waals surface area contributed by atoms with Crippen LogP contribution in [0.4, 0.5) is 0 Å². The second kappa shape index (κ2) is 6.56. The van der Waals surface area contributed by atoms with E-state index < -0.39 is 0 Å². The van der Waals surface area contributed by atoms with E-state index in [4.69, 9.17) is 0 Å². The number of rotatable bonds is 6. The summed E-state index contributed by atoms with van der Waals surface area (Å²) >= 11 is 0. The minimum atomic E-state index is 0.447. The van der Waals surface area contributed by atoms with E-state index >= 15 is 0 Å². The molecule has 1 aliphatic carbocycles. The molecular formula is C18H29N. The molecule has 0 spiro atoms. The monoisotopic (exact) mass is 259 g/mol. The van der Waals surface area contributed by atoms with Crippen LogP contribution < -0.4 is 5.32 Å². The smallest absolute Gasteiger partial charge is 0.0374 e. The first-order valence-electron chi connectivity index (χ1n) is 8.02. The van der Waals surface area contributed by atoms with E-state index in [0.29, 0.717) is 11.5 Å². The predicted molar refractivity (Wildman–Crippen MR) is 83.4 cm³/mol. The van der Waals surface area contributed by atoms with Gasteiger partial charge in [-0.2, -0.15) is 0 Å². The van der Waals surface area contributed by atoms with E-state index in [2.05, 4.69) is 50.4 Å². The summed E-state index contributed by atoms with van der Waals surface area (Å²) in [5, 5.41) is 3.73. The molecular weight excluding hydrogens is 230 g/mol. The molecule has 1 N–H and O–H groups in total. The van der Waals surface area contributed by atoms with Crippen molar-refractivity contribution in [3.05, 3.63) is 35.4 Å². The highest BCUT2D eigenvalue weighted by atomic mass is 14.9. The summed E-state index contributed by atoms with van der Waals surface area (Å²) in [4.78, 5) is 0. The van der Waals surface area contributed by atoms with Gasteiger partial charge in [0, 0.05) is 6.04 Å². The van der Waals surface area contributed by atoms with Crippen LogP contribution in [0.2, 0.25) is 0 Å². The van der Waals surface area contributed by atoms with E-state index in [1.54, 1.807) is 0 Å². The molecule has 1 atom stereocenters. The topological polar surface area (TPSA) is 12.0 Å². The Bertz CT molecular complexity index is 373. The van der Waals surface area contributed by atoms with Crippen LogP contribution in [0.25, 0.3) is 0 Å². The summed E-state index contributed by atoms with van der Waals surface area (Å²) < 4.78 is 0. The van der Waals surface area contributed by atoms with Crippen molar-refractivity contribution in [3.63, 3.8) is 0 Å². The Morgan fingerprint density at radius 1 is 1.11 bits per heavy atom. The van der Waals surface area contributed by atoms with Crippen LogP contribution in [0, 0.1) is 5.41 Å². The molecule has 0 saturated heterocycles. The van der Waals surface area contributed by atoms with Crippen molar-refractivity contribution in [2.45, 2.75) is 65.3 Å². The molecule has 1 nitrogen and oxygen atoms in total. The van der Waals surface area contributed by atoms with Gasteiger partial charge >= 0.3 is 0 Å². The Kier molecular flexibility index (Phi) is 5.04. The highest BCUT2D eigenvalue weighted by Gasteiger charge is 2.37. The van der Waals surface area contributed by atoms with Crippen LogP contribution >= 0.6 is 0 Å². The number of hydrogen-bond acceptors (Lipinski definition) is 1. The molecule has 2 rings (SSSR count). The average molecular weight is 259 g/mol. The van der Waals surface area contributed by atoms with Crippen LogP contribution in [0.15, 0.2) is 24.3 Å². The van der Waals surface area contributed by atoms with E-state index in [1.165, 1.54) is 49.7 Å². The van der Waals surface area contributed by atoms with Crippen LogP contribution in [-0.4, -0.2) is 6.54 Å². The molecule has 0 radical (unpaired) electrons. The van der Waals surface area contributed by atoms with Crippen molar-refractivity contribution in [3.8, 4) is 0 Å². The summed E-state index contributed by atoms with van der Waals surface area (Å²) in [5.41, 5.74) is 3.40. The standard InChI is InChI=1S/C18H29N/c1-4-8-15-9-11-16(12-10-15)17(19-5-2)18(3)13-6-7-14-18/h9-12,17,19H,4-8,13-14H2,1-3H3. The second-order valence-electron chi connectivity index (χ2n) is 6.34. The van der Waals surface area contributed by atoms with Crippen LogP contribution in [0.5, 0.6) is 0 Å². The van der Waals surface area contributed by atoms with Gasteiger partial charge in [-0.1, -0.05) is 64.3 Å². The first-order chi connectivity index (χ1) is 9.19. The molecule has 0 bridgehead atoms. The van der Waals surface area contributed by atoms with E-state index in [9.17, 15) is 0 Å². The lowest BCUT2D eigenvalue weighted by Gasteiger charge is -2.35. The van der Waals surface area contributed by atoms with Gasteiger partial charge in [-0.3, -0.25) is 0 Å². The molecule has 1 aromatic carbocycles. The third-order valence-electron chi connectivity index (χ3n) is 4.70. The van der Waals surface area contributed by atoms with Crippen LogP contribution in [0.1, 0.15) is 70.0 Å². The summed E-state index contributed by atoms with van der Waals surface area (Å²) in [6.07, 6.45) is 7.94. The fraction of sp³-hybridized carbons (Fsp3) is 0.667. The molecule has 1 aromatic rings. The normalized spacial score (nSPS) is 19.5. The number of hydrogen-bond donors (Lipinski definition) is 1. The molecule has 1 saturated carbocycles. The average Bonchev–Trinajstić information content (AvgIpc) is 2.85. The number of benzene rings is 1. The fourth-order valence-electron chi connectivity index (χ4n) is 3.61. The zero-order chi connectivity index (χ0) is 13.7. The predicted octanol–water partition coefficient (Wildman–Crippen LogP) is 4.87. The first kappa shape index (κ1) is 14.6. The number of nitrogens with one attached hydrogen (secondary N) is 1. The van der Waals surface area contributed by atoms with Gasteiger partial charge in [0.15, 0.2) is 0 Å². The van der Waals surface area contributed by atoms with Gasteiger partial charge in [-0.05, 0) is 42.3 Å². The molecule has 106 valence electrons. The lowest BCUT2D eigenvalue weighted by atomic mass is 9.77. The Morgan fingerprint density at radius 3 is 2.26 bits per heavy atom. The van der Waals surface area contributed by atoms with Crippen molar-refractivity contribution in [2.24, 2.45) is 5.41 Å². The Balaban J connectivity index is 2.18. The summed E-state index contributed by atoms with van der Waals surface area (Å²) in [6.45, 7) is 7.98. The zero-order valence-electron chi connectivity index (χ0n) is 12.8. The summed E-state index contributed by atoms with van der Waals surface area (Å²) in [7, 11) is 0. The maximum Gasteiger partial charge on any atom is 0.0374 e. The van der Waals surface area contributed by atoms with Gasteiger partial charge in [-0.25, -0.2) is 0 Å². The Morgan fingerprint density at radius 2 is 1.74 bits per heavy atom. The molecule has 0 aromatic heterocycles. The molecule has 0 heterocycles. The zero-order valence-corrected chi connectivity index (χ0v) is 12.8. The fourth-order valence-corrected chi connectivity index (χ4v) is 3.61. The van der Waals surface area contributed by atoms with Gasteiger partial charge in [0.25, 0.3) is 0 Å². The first-order valence-corrected chi connectivity index (χ1v) is 8.02. The quantitative estimate of drug-likeness (QED) is 0.768. The lowest BCUT2D eigenvalue weighted by molar-refractivity contribution is 0.226. The molecule has 19 heavy (non-hydrogen) atoms. The minimum Gasteiger partial charge on any atom is -0.310 e. The van der Waals surface area contributed by atoms with Gasteiger partial charge in [0.1, 0.15) is 0 Å². The second-order valence-corrected chi connectivity index (χ2v) is 6.34. The highest BCUT2D eigenvalue weighted by Crippen LogP contribution is 2.47. The highest BCUT2D eigenvalue weighted by molar-refractivity contribution is 5.27. The molecule has 1 fully saturated rings. The molecule has 1 heteroatoms. The molecule has 1 unspecified atom stereocenters. The van der Waals surface area contributed by atoms with E-state index in [-0.39, 0.29) is 0 Å². The van der Waals surface area contributed by atoms with Gasteiger partial charge in [0.2, 0.25) is 0 Å². The van der Waals surface area contributed by atoms with E-state index in [1.807, 2.05) is 0 Å². The Hall–Kier alpha value is -0.820. The maximum absolute atomic E-state index is 3.73. The molecule has 0 amide bonds. The Labute approximate surface area is 118 Å². The van der Waals surface area contributed by atoms with Crippen molar-refractivity contribution in [1.29, 1.82) is 0 Å². The van der Waals surface area contributed by atoms with Crippen LogP contribution in [0.3, 0.4) is 0 Å². The van der Waals surface area contributed by atoms with Gasteiger partial charge < -0.3 is 5.32 Å². The van der Waals surface area contributed by atoms with Gasteiger partial charge in [0.05, 0.1) is 0 Å². The van der Waals surface area contributed by atoms with Crippen molar-refractivity contribution < 1.29 is 0 Å².